The van der Waals surface area contributed by atoms with E-state index in [0.717, 1.165) is 50.2 Å². The molecule has 3 heterocycles. The van der Waals surface area contributed by atoms with Crippen molar-refractivity contribution in [1.82, 2.24) is 15.2 Å². The molecule has 3 N–H and O–H groups in total. The highest BCUT2D eigenvalue weighted by Gasteiger charge is 2.33. The number of amides is 1. The molecule has 0 aromatic carbocycles. The second-order valence-electron chi connectivity index (χ2n) is 6.68. The van der Waals surface area contributed by atoms with E-state index in [1.807, 2.05) is 4.90 Å². The number of hydrogen-bond donors (Lipinski definition) is 1. The van der Waals surface area contributed by atoms with E-state index in [2.05, 4.69) is 17.2 Å². The third kappa shape index (κ3) is 5.56. The van der Waals surface area contributed by atoms with E-state index < -0.39 is 0 Å². The molecule has 3 rings (SSSR count). The van der Waals surface area contributed by atoms with Crippen LogP contribution in [0.3, 0.4) is 0 Å². The lowest BCUT2D eigenvalue weighted by atomic mass is 9.96. The van der Waals surface area contributed by atoms with Crippen LogP contribution in [0.25, 0.3) is 0 Å². The fourth-order valence-corrected chi connectivity index (χ4v) is 3.73. The fraction of sp³-hybridized carbons (Fsp3) is 0.632. The van der Waals surface area contributed by atoms with Crippen molar-refractivity contribution in [2.24, 2.45) is 0 Å². The predicted molar refractivity (Wildman–Crippen MR) is 113 cm³/mol. The van der Waals surface area contributed by atoms with Crippen LogP contribution in [0.4, 0.5) is 0 Å². The van der Waals surface area contributed by atoms with Crippen molar-refractivity contribution in [1.29, 1.82) is 0 Å². The maximum Gasteiger partial charge on any atom is 0.340 e. The number of carbonyl (C=O) groups excluding carboxylic acids is 2. The summed E-state index contributed by atoms with van der Waals surface area (Å²) in [5.74, 6) is -0.373. The standard InChI is InChI=1S/C19H27N3O3.2ClH.H2O/c1-3-5-16-15(19(24)25-4-2)12-14-17(21-16)8-11-22(18(14)23)13-6-9-20-10-7-13;;;/h12-13,20H,3-11H2,1-2H3;2*1H;1H2. The van der Waals surface area contributed by atoms with Crippen LogP contribution in [-0.4, -0.2) is 59.5 Å². The zero-order valence-electron chi connectivity index (χ0n) is 16.5. The van der Waals surface area contributed by atoms with Gasteiger partial charge in [-0.3, -0.25) is 9.78 Å². The summed E-state index contributed by atoms with van der Waals surface area (Å²) < 4.78 is 5.17. The largest absolute Gasteiger partial charge is 0.462 e. The zero-order valence-corrected chi connectivity index (χ0v) is 18.1. The molecule has 28 heavy (non-hydrogen) atoms. The summed E-state index contributed by atoms with van der Waals surface area (Å²) in [4.78, 5) is 32.0. The van der Waals surface area contributed by atoms with Crippen LogP contribution in [0.5, 0.6) is 0 Å². The Kier molecular flexibility index (Phi) is 11.6. The van der Waals surface area contributed by atoms with Gasteiger partial charge in [-0.2, -0.15) is 0 Å². The summed E-state index contributed by atoms with van der Waals surface area (Å²) in [6.45, 7) is 6.77. The molecular formula is C19H31Cl2N3O4. The third-order valence-corrected chi connectivity index (χ3v) is 4.99. The minimum Gasteiger partial charge on any atom is -0.462 e. The van der Waals surface area contributed by atoms with Gasteiger partial charge in [0.25, 0.3) is 5.91 Å². The molecule has 2 aliphatic heterocycles. The number of halogens is 2. The lowest BCUT2D eigenvalue weighted by molar-refractivity contribution is 0.0524. The average Bonchev–Trinajstić information content (AvgIpc) is 2.63. The Morgan fingerprint density at radius 1 is 1.29 bits per heavy atom. The molecule has 7 nitrogen and oxygen atoms in total. The Bertz CT molecular complexity index is 667. The molecule has 0 bridgehead atoms. The lowest BCUT2D eigenvalue weighted by Crippen LogP contribution is -2.49. The van der Waals surface area contributed by atoms with E-state index in [0.29, 0.717) is 30.7 Å². The number of pyridine rings is 1. The lowest BCUT2D eigenvalue weighted by Gasteiger charge is -2.37. The number of aryl methyl sites for hydroxylation is 1. The fourth-order valence-electron chi connectivity index (χ4n) is 3.73. The number of piperidine rings is 1. The van der Waals surface area contributed by atoms with Gasteiger partial charge in [-0.25, -0.2) is 4.79 Å². The first-order valence-corrected chi connectivity index (χ1v) is 9.37. The minimum absolute atomic E-state index is 0. The van der Waals surface area contributed by atoms with Crippen LogP contribution >= 0.6 is 24.8 Å². The maximum atomic E-state index is 13.0. The molecule has 2 aliphatic rings. The first kappa shape index (κ1) is 26.6. The summed E-state index contributed by atoms with van der Waals surface area (Å²) in [6, 6.07) is 2.00. The van der Waals surface area contributed by atoms with E-state index >= 15 is 0 Å². The minimum atomic E-state index is -0.381. The van der Waals surface area contributed by atoms with E-state index in [9.17, 15) is 9.59 Å². The topological polar surface area (TPSA) is 103 Å². The molecular weight excluding hydrogens is 405 g/mol. The number of rotatable bonds is 5. The smallest absolute Gasteiger partial charge is 0.340 e. The molecule has 1 fully saturated rings. The summed E-state index contributed by atoms with van der Waals surface area (Å²) >= 11 is 0. The number of fused-ring (bicyclic) bond motifs is 1. The quantitative estimate of drug-likeness (QED) is 0.711. The first-order chi connectivity index (χ1) is 12.2. The van der Waals surface area contributed by atoms with Crippen molar-refractivity contribution < 1.29 is 19.8 Å². The molecule has 0 radical (unpaired) electrons. The first-order valence-electron chi connectivity index (χ1n) is 9.37. The Morgan fingerprint density at radius 3 is 2.57 bits per heavy atom. The number of hydrogen-bond acceptors (Lipinski definition) is 5. The number of ether oxygens (including phenoxy) is 1. The van der Waals surface area contributed by atoms with Gasteiger partial charge >= 0.3 is 5.97 Å². The Hall–Kier alpha value is -1.41. The van der Waals surface area contributed by atoms with E-state index in [1.54, 1.807) is 13.0 Å². The average molecular weight is 436 g/mol. The number of esters is 1. The van der Waals surface area contributed by atoms with Crippen molar-refractivity contribution in [3.05, 3.63) is 28.6 Å². The molecule has 0 spiro atoms. The molecule has 1 aromatic heterocycles. The second-order valence-corrected chi connectivity index (χ2v) is 6.68. The maximum absolute atomic E-state index is 13.0. The number of carbonyl (C=O) groups is 2. The van der Waals surface area contributed by atoms with Crippen LogP contribution in [0.2, 0.25) is 0 Å². The summed E-state index contributed by atoms with van der Waals surface area (Å²) in [6.07, 6.45) is 4.33. The van der Waals surface area contributed by atoms with Crippen molar-refractivity contribution >= 4 is 36.7 Å². The van der Waals surface area contributed by atoms with Crippen molar-refractivity contribution in [3.8, 4) is 0 Å². The molecule has 1 amide bonds. The van der Waals surface area contributed by atoms with Crippen LogP contribution in [0.1, 0.15) is 65.2 Å². The van der Waals surface area contributed by atoms with E-state index in [-0.39, 0.29) is 48.2 Å². The van der Waals surface area contributed by atoms with Gasteiger partial charge in [-0.05, 0) is 45.3 Å². The number of nitrogens with one attached hydrogen (secondary N) is 1. The van der Waals surface area contributed by atoms with Crippen LogP contribution < -0.4 is 5.32 Å². The summed E-state index contributed by atoms with van der Waals surface area (Å²) in [5.41, 5.74) is 2.60. The predicted octanol–water partition coefficient (Wildman–Crippen LogP) is 1.98. The van der Waals surface area contributed by atoms with Crippen LogP contribution in [0, 0.1) is 0 Å². The van der Waals surface area contributed by atoms with Gasteiger partial charge in [0.05, 0.1) is 29.1 Å². The van der Waals surface area contributed by atoms with Gasteiger partial charge in [0.1, 0.15) is 0 Å². The molecule has 0 unspecified atom stereocenters. The Balaban J connectivity index is 0.00000243. The van der Waals surface area contributed by atoms with Gasteiger partial charge in [0.2, 0.25) is 0 Å². The Morgan fingerprint density at radius 2 is 1.96 bits per heavy atom. The van der Waals surface area contributed by atoms with Crippen LogP contribution in [-0.2, 0) is 17.6 Å². The van der Waals surface area contributed by atoms with Gasteiger partial charge in [0, 0.05) is 19.0 Å². The molecule has 0 atom stereocenters. The SMILES string of the molecule is CCCc1nc2c(cc1C(=O)OCC)C(=O)N(C1CCNCC1)CC2.Cl.Cl.O. The summed E-state index contributed by atoms with van der Waals surface area (Å²) in [7, 11) is 0. The molecule has 160 valence electrons. The second kappa shape index (κ2) is 12.2. The zero-order chi connectivity index (χ0) is 17.8. The molecule has 9 heteroatoms. The van der Waals surface area contributed by atoms with Gasteiger partial charge in [0.15, 0.2) is 0 Å². The number of nitrogens with zero attached hydrogens (tertiary/aromatic N) is 2. The molecule has 1 saturated heterocycles. The van der Waals surface area contributed by atoms with Crippen LogP contribution in [0.15, 0.2) is 6.07 Å². The summed E-state index contributed by atoms with van der Waals surface area (Å²) in [5, 5.41) is 3.34. The van der Waals surface area contributed by atoms with Crippen molar-refractivity contribution in [2.75, 3.05) is 26.2 Å². The Labute approximate surface area is 178 Å². The highest BCUT2D eigenvalue weighted by atomic mass is 35.5. The van der Waals surface area contributed by atoms with Crippen molar-refractivity contribution in [2.45, 2.75) is 52.0 Å². The highest BCUT2D eigenvalue weighted by molar-refractivity contribution is 6.00. The highest BCUT2D eigenvalue weighted by Crippen LogP contribution is 2.25. The third-order valence-electron chi connectivity index (χ3n) is 4.99. The van der Waals surface area contributed by atoms with E-state index in [4.69, 9.17) is 4.74 Å². The van der Waals surface area contributed by atoms with Crippen molar-refractivity contribution in [3.63, 3.8) is 0 Å². The van der Waals surface area contributed by atoms with E-state index in [1.165, 1.54) is 0 Å². The monoisotopic (exact) mass is 435 g/mol. The molecule has 0 aliphatic carbocycles. The van der Waals surface area contributed by atoms with Gasteiger partial charge < -0.3 is 20.4 Å². The van der Waals surface area contributed by atoms with Gasteiger partial charge in [-0.1, -0.05) is 13.3 Å². The molecule has 1 aromatic rings. The van der Waals surface area contributed by atoms with Gasteiger partial charge in [-0.15, -0.1) is 24.8 Å². The number of aromatic nitrogens is 1. The normalized spacial score (nSPS) is 16.2. The molecule has 0 saturated carbocycles.